The summed E-state index contributed by atoms with van der Waals surface area (Å²) in [5.74, 6) is 2.07. The van der Waals surface area contributed by atoms with E-state index in [1.54, 1.807) is 0 Å². The molecule has 5 nitrogen and oxygen atoms in total. The molecule has 0 saturated heterocycles. The van der Waals surface area contributed by atoms with Gasteiger partial charge in [0.15, 0.2) is 0 Å². The minimum absolute atomic E-state index is 0. The van der Waals surface area contributed by atoms with E-state index < -0.39 is 0 Å². The van der Waals surface area contributed by atoms with E-state index in [4.69, 9.17) is 9.72 Å². The minimum atomic E-state index is -0.339. The van der Waals surface area contributed by atoms with Crippen LogP contribution in [-0.2, 0) is 42.7 Å². The first-order chi connectivity index (χ1) is 30.4. The molecular weight excluding hydrogens is 976 g/mol. The van der Waals surface area contributed by atoms with Gasteiger partial charge in [0, 0.05) is 61.1 Å². The summed E-state index contributed by atoms with van der Waals surface area (Å²) in [7, 11) is 0. The van der Waals surface area contributed by atoms with Crippen LogP contribution in [0.25, 0.3) is 38.8 Å². The molecule has 1 aliphatic rings. The Labute approximate surface area is 401 Å². The van der Waals surface area contributed by atoms with Crippen molar-refractivity contribution in [3.8, 4) is 28.4 Å². The van der Waals surface area contributed by atoms with Gasteiger partial charge in [0.05, 0.1) is 0 Å². The molecular formula is C59H59N4OPt-3. The quantitative estimate of drug-likeness (QED) is 0.142. The summed E-state index contributed by atoms with van der Waals surface area (Å²) >= 11 is 0. The van der Waals surface area contributed by atoms with Crippen LogP contribution in [0.2, 0.25) is 0 Å². The summed E-state index contributed by atoms with van der Waals surface area (Å²) < 4.78 is 9.31. The zero-order valence-electron chi connectivity index (χ0n) is 39.5. The maximum Gasteiger partial charge on any atom is 0.135 e. The maximum atomic E-state index is 7.06. The van der Waals surface area contributed by atoms with E-state index in [2.05, 4.69) is 255 Å². The zero-order valence-corrected chi connectivity index (χ0v) is 41.8. The van der Waals surface area contributed by atoms with Crippen molar-refractivity contribution in [1.82, 2.24) is 9.55 Å². The predicted octanol–water partition coefficient (Wildman–Crippen LogP) is 15.4. The van der Waals surface area contributed by atoms with E-state index in [9.17, 15) is 0 Å². The van der Waals surface area contributed by atoms with E-state index in [1.807, 2.05) is 6.20 Å². The largest absolute Gasteiger partial charge is 0.509 e. The summed E-state index contributed by atoms with van der Waals surface area (Å²) in [5.41, 5.74) is 11.5. The number of pyridine rings is 1. The van der Waals surface area contributed by atoms with Crippen LogP contribution in [0.1, 0.15) is 98.4 Å². The SMILES string of the molecule is CC(C)(C)c1cccc(N2[CH-]N(c3[c-]c(Oc4[c-]c5c(c(C(C)(C)C)c4)c4ccccc4n5-c4cc(C(C)(C)C)ccn4)cc(-c4ccccc4)c3)C=C2C(C)(C)c2ccccc2)c1.[Pt]. The Kier molecular flexibility index (Phi) is 12.0. The Morgan fingerprint density at radius 1 is 0.569 bits per heavy atom. The van der Waals surface area contributed by atoms with Gasteiger partial charge in [-0.3, -0.25) is 0 Å². The van der Waals surface area contributed by atoms with Crippen molar-refractivity contribution in [2.75, 3.05) is 9.80 Å². The van der Waals surface area contributed by atoms with Crippen molar-refractivity contribution >= 4 is 33.2 Å². The second-order valence-corrected chi connectivity index (χ2v) is 20.8. The van der Waals surface area contributed by atoms with Crippen molar-refractivity contribution in [3.63, 3.8) is 0 Å². The molecule has 334 valence electrons. The number of allylic oxidation sites excluding steroid dienone is 1. The number of benzene rings is 6. The van der Waals surface area contributed by atoms with Crippen molar-refractivity contribution in [2.45, 2.75) is 97.8 Å². The van der Waals surface area contributed by atoms with Gasteiger partial charge < -0.3 is 19.1 Å². The molecule has 0 bridgehead atoms. The monoisotopic (exact) mass is 1030 g/mol. The van der Waals surface area contributed by atoms with Gasteiger partial charge >= 0.3 is 0 Å². The van der Waals surface area contributed by atoms with Crippen LogP contribution < -0.4 is 14.5 Å². The second kappa shape index (κ2) is 17.1. The van der Waals surface area contributed by atoms with E-state index in [-0.39, 0.29) is 42.7 Å². The third-order valence-electron chi connectivity index (χ3n) is 12.6. The number of aromatic nitrogens is 2. The van der Waals surface area contributed by atoms with Gasteiger partial charge in [-0.05, 0) is 80.4 Å². The Bertz CT molecular complexity index is 3030. The number of ether oxygens (including phenoxy) is 1. The topological polar surface area (TPSA) is 33.5 Å². The average molecular weight is 1040 g/mol. The zero-order chi connectivity index (χ0) is 45.2. The molecule has 65 heavy (non-hydrogen) atoms. The number of hydrogen-bond donors (Lipinski definition) is 0. The fraction of sp³-hybridized carbons (Fsp3) is 0.254. The van der Waals surface area contributed by atoms with Crippen molar-refractivity contribution in [2.24, 2.45) is 0 Å². The number of para-hydroxylation sites is 1. The molecule has 3 heterocycles. The first-order valence-corrected chi connectivity index (χ1v) is 22.4. The molecule has 2 aromatic heterocycles. The standard InChI is InChI=1S/C59H59N4O.Pt/c1-56(2,3)43-25-20-26-45(33-43)62-39-61(38-53(62)59(10,11)42-23-16-13-17-24-42)46-31-41(40-21-14-12-15-22-40)32-47(35-46)64-48-36-50(58(7,8)9)55-49-27-18-19-28-51(49)63(52(55)37-48)54-34-44(29-30-60-54)57(4,5)6;/h12-34,36,38-39H,1-11H3;/q-3;. The van der Waals surface area contributed by atoms with Gasteiger partial charge in [-0.1, -0.05) is 178 Å². The van der Waals surface area contributed by atoms with Crippen LogP contribution in [0, 0.1) is 18.8 Å². The normalized spacial score (nSPS) is 13.6. The van der Waals surface area contributed by atoms with E-state index in [1.165, 1.54) is 22.3 Å². The molecule has 0 atom stereocenters. The minimum Gasteiger partial charge on any atom is -0.509 e. The smallest absolute Gasteiger partial charge is 0.135 e. The van der Waals surface area contributed by atoms with E-state index in [0.717, 1.165) is 55.8 Å². The van der Waals surface area contributed by atoms with Crippen molar-refractivity contribution in [3.05, 3.63) is 199 Å². The van der Waals surface area contributed by atoms with Gasteiger partial charge in [-0.2, -0.15) is 0 Å². The molecule has 0 fully saturated rings. The molecule has 0 spiro atoms. The van der Waals surface area contributed by atoms with Gasteiger partial charge in [0.2, 0.25) is 0 Å². The third-order valence-corrected chi connectivity index (χ3v) is 12.6. The van der Waals surface area contributed by atoms with Crippen LogP contribution in [0.3, 0.4) is 0 Å². The number of anilines is 2. The predicted molar refractivity (Wildman–Crippen MR) is 268 cm³/mol. The van der Waals surface area contributed by atoms with Crippen molar-refractivity contribution < 1.29 is 25.8 Å². The maximum absolute atomic E-state index is 7.06. The van der Waals surface area contributed by atoms with Gasteiger partial charge in [-0.15, -0.1) is 53.8 Å². The summed E-state index contributed by atoms with van der Waals surface area (Å²) in [6.07, 6.45) is 4.18. The molecule has 0 unspecified atom stereocenters. The van der Waals surface area contributed by atoms with E-state index >= 15 is 0 Å². The molecule has 0 amide bonds. The summed E-state index contributed by atoms with van der Waals surface area (Å²) in [5, 5.41) is 2.32. The Morgan fingerprint density at radius 3 is 1.89 bits per heavy atom. The average Bonchev–Trinajstić information content (AvgIpc) is 3.87. The fourth-order valence-electron chi connectivity index (χ4n) is 8.86. The first kappa shape index (κ1) is 45.7. The van der Waals surface area contributed by atoms with Gasteiger partial charge in [0.1, 0.15) is 5.82 Å². The van der Waals surface area contributed by atoms with Crippen molar-refractivity contribution in [1.29, 1.82) is 0 Å². The second-order valence-electron chi connectivity index (χ2n) is 20.8. The number of nitrogens with zero attached hydrogens (tertiary/aromatic N) is 4. The third kappa shape index (κ3) is 8.93. The number of hydrogen-bond acceptors (Lipinski definition) is 4. The van der Waals surface area contributed by atoms with Crippen LogP contribution in [-0.4, -0.2) is 9.55 Å². The molecule has 6 heteroatoms. The van der Waals surface area contributed by atoms with Crippen LogP contribution in [0.4, 0.5) is 11.4 Å². The molecule has 0 N–H and O–H groups in total. The molecule has 8 aromatic rings. The molecule has 6 aromatic carbocycles. The summed E-state index contributed by atoms with van der Waals surface area (Å²) in [6.45, 7) is 27.1. The fourth-order valence-corrected chi connectivity index (χ4v) is 8.86. The Hall–Kier alpha value is -5.90. The van der Waals surface area contributed by atoms with Crippen LogP contribution in [0.5, 0.6) is 11.5 Å². The number of fused-ring (bicyclic) bond motifs is 3. The first-order valence-electron chi connectivity index (χ1n) is 22.4. The molecule has 0 aliphatic carbocycles. The van der Waals surface area contributed by atoms with E-state index in [0.29, 0.717) is 11.5 Å². The summed E-state index contributed by atoms with van der Waals surface area (Å²) in [4.78, 5) is 9.50. The van der Waals surface area contributed by atoms with Gasteiger partial charge in [-0.25, -0.2) is 4.98 Å². The molecule has 0 saturated carbocycles. The van der Waals surface area contributed by atoms with Crippen LogP contribution in [0.15, 0.2) is 158 Å². The molecule has 1 aliphatic heterocycles. The Morgan fingerprint density at radius 2 is 1.20 bits per heavy atom. The van der Waals surface area contributed by atoms with Crippen LogP contribution >= 0.6 is 0 Å². The summed E-state index contributed by atoms with van der Waals surface area (Å²) in [6, 6.07) is 57.1. The molecule has 0 radical (unpaired) electrons. The number of rotatable bonds is 8. The molecule has 9 rings (SSSR count). The van der Waals surface area contributed by atoms with Gasteiger partial charge in [0.25, 0.3) is 0 Å². The Balaban J connectivity index is 0.00000576.